The van der Waals surface area contributed by atoms with E-state index < -0.39 is 35.3 Å². The number of ketones is 1. The molecule has 0 aliphatic rings. The summed E-state index contributed by atoms with van der Waals surface area (Å²) < 4.78 is 11.7. The van der Waals surface area contributed by atoms with E-state index in [1.807, 2.05) is 88.4 Å². The molecular weight excluding hydrogens is 508 g/mol. The summed E-state index contributed by atoms with van der Waals surface area (Å²) >= 11 is 0. The summed E-state index contributed by atoms with van der Waals surface area (Å²) in [5.74, 6) is -0.730. The van der Waals surface area contributed by atoms with Gasteiger partial charge in [0.05, 0.1) is 12.5 Å². The number of ether oxygens (including phenoxy) is 1. The van der Waals surface area contributed by atoms with E-state index in [0.717, 1.165) is 17.5 Å². The number of aromatic nitrogens is 2. The first kappa shape index (κ1) is 30.5. The molecule has 1 aromatic heterocycles. The fourth-order valence-electron chi connectivity index (χ4n) is 4.13. The number of hydrogen-bond donors (Lipinski definition) is 2. The van der Waals surface area contributed by atoms with E-state index in [1.54, 1.807) is 6.92 Å². The molecule has 3 aromatic rings. The highest BCUT2D eigenvalue weighted by Crippen LogP contribution is 2.30. The van der Waals surface area contributed by atoms with E-state index in [0.29, 0.717) is 31.0 Å². The van der Waals surface area contributed by atoms with Crippen LogP contribution in [0.15, 0.2) is 65.1 Å². The number of carbonyl (C=O) groups excluding carboxylic acids is 3. The predicted octanol–water partition coefficient (Wildman–Crippen LogP) is 5.82. The maximum Gasteiger partial charge on any atom is 0.408 e. The Hall–Kier alpha value is -4.01. The first-order chi connectivity index (χ1) is 19.1. The lowest BCUT2D eigenvalue weighted by Crippen LogP contribution is -2.49. The summed E-state index contributed by atoms with van der Waals surface area (Å²) in [5, 5.41) is 13.7. The monoisotopic (exact) mass is 548 g/mol. The van der Waals surface area contributed by atoms with Crippen molar-refractivity contribution in [1.82, 2.24) is 20.8 Å². The van der Waals surface area contributed by atoms with Crippen LogP contribution in [0.5, 0.6) is 0 Å². The largest absolute Gasteiger partial charge is 0.445 e. The average Bonchev–Trinajstić information content (AvgIpc) is 3.44. The zero-order valence-corrected chi connectivity index (χ0v) is 24.0. The minimum Gasteiger partial charge on any atom is -0.445 e. The Labute approximate surface area is 236 Å². The van der Waals surface area contributed by atoms with Crippen LogP contribution in [0, 0.1) is 5.41 Å². The highest BCUT2D eigenvalue weighted by Gasteiger charge is 2.35. The van der Waals surface area contributed by atoms with Crippen LogP contribution in [0.3, 0.4) is 0 Å². The van der Waals surface area contributed by atoms with Crippen molar-refractivity contribution in [2.75, 3.05) is 0 Å². The van der Waals surface area contributed by atoms with Gasteiger partial charge >= 0.3 is 6.09 Å². The summed E-state index contributed by atoms with van der Waals surface area (Å²) in [6.07, 6.45) is 1.31. The second-order valence-corrected chi connectivity index (χ2v) is 10.6. The number of Topliss-reactive ketones (excluding diaryl/α,β-unsaturated/α-hetero) is 1. The summed E-state index contributed by atoms with van der Waals surface area (Å²) in [4.78, 5) is 39.0. The Morgan fingerprint density at radius 2 is 1.60 bits per heavy atom. The van der Waals surface area contributed by atoms with Crippen LogP contribution in [0.2, 0.25) is 0 Å². The Balaban J connectivity index is 1.69. The zero-order valence-electron chi connectivity index (χ0n) is 24.0. The van der Waals surface area contributed by atoms with E-state index >= 15 is 0 Å². The molecule has 0 saturated heterocycles. The Kier molecular flexibility index (Phi) is 11.0. The number of carbonyl (C=O) groups is 3. The molecule has 0 saturated carbocycles. The molecule has 3 rings (SSSR count). The van der Waals surface area contributed by atoms with Crippen molar-refractivity contribution >= 4 is 17.8 Å². The highest BCUT2D eigenvalue weighted by atomic mass is 16.6. The van der Waals surface area contributed by atoms with E-state index in [1.165, 1.54) is 0 Å². The van der Waals surface area contributed by atoms with Crippen molar-refractivity contribution in [3.05, 3.63) is 72.1 Å². The van der Waals surface area contributed by atoms with Crippen molar-refractivity contribution in [3.63, 3.8) is 0 Å². The number of nitrogens with zero attached hydrogens (tertiary/aromatic N) is 2. The van der Waals surface area contributed by atoms with Crippen LogP contribution < -0.4 is 10.6 Å². The molecule has 0 radical (unpaired) electrons. The molecule has 0 aliphatic heterocycles. The molecule has 0 fully saturated rings. The molecule has 3 atom stereocenters. The van der Waals surface area contributed by atoms with E-state index in [9.17, 15) is 14.4 Å². The Morgan fingerprint density at radius 3 is 2.23 bits per heavy atom. The first-order valence-electron chi connectivity index (χ1n) is 13.9. The van der Waals surface area contributed by atoms with Crippen LogP contribution >= 0.6 is 0 Å². The zero-order chi connectivity index (χ0) is 29.1. The number of nitrogens with one attached hydrogen (secondary N) is 2. The topological polar surface area (TPSA) is 123 Å². The van der Waals surface area contributed by atoms with Crippen molar-refractivity contribution < 1.29 is 23.5 Å². The lowest BCUT2D eigenvalue weighted by molar-refractivity contribution is -0.139. The first-order valence-corrected chi connectivity index (χ1v) is 13.9. The third-order valence-corrected chi connectivity index (χ3v) is 7.21. The number of rotatable bonds is 14. The molecular formula is C31H40N4O5. The molecule has 2 amide bonds. The van der Waals surface area contributed by atoms with Gasteiger partial charge in [-0.15, -0.1) is 10.2 Å². The van der Waals surface area contributed by atoms with Crippen molar-refractivity contribution in [2.24, 2.45) is 5.41 Å². The van der Waals surface area contributed by atoms with Crippen molar-refractivity contribution in [2.45, 2.75) is 84.9 Å². The molecule has 2 N–H and O–H groups in total. The number of unbranched alkanes of at least 4 members (excludes halogenated alkanes) is 1. The second kappa shape index (κ2) is 14.4. The molecule has 0 bridgehead atoms. The molecule has 0 aliphatic carbocycles. The average molecular weight is 549 g/mol. The molecule has 2 aromatic carbocycles. The quantitative estimate of drug-likeness (QED) is 0.243. The SMILES string of the molecule is CCCC[C@H](NC(=O)O[C@@H](Cc1nnc(-c2ccccc2)o1)C(C)(C)CC)C(=O)C(=O)N[C@H](C)c1ccccc1. The third kappa shape index (κ3) is 8.49. The molecule has 9 heteroatoms. The number of alkyl carbamates (subject to hydrolysis) is 1. The minimum atomic E-state index is -1.01. The fourth-order valence-corrected chi connectivity index (χ4v) is 4.13. The van der Waals surface area contributed by atoms with Crippen LogP contribution in [0.25, 0.3) is 11.5 Å². The fraction of sp³-hybridized carbons (Fsp3) is 0.452. The van der Waals surface area contributed by atoms with Gasteiger partial charge in [-0.05, 0) is 37.5 Å². The smallest absolute Gasteiger partial charge is 0.408 e. The van der Waals surface area contributed by atoms with Gasteiger partial charge in [-0.3, -0.25) is 9.59 Å². The van der Waals surface area contributed by atoms with Gasteiger partial charge in [-0.25, -0.2) is 4.79 Å². The van der Waals surface area contributed by atoms with E-state index in [4.69, 9.17) is 9.15 Å². The van der Waals surface area contributed by atoms with Gasteiger partial charge in [0.15, 0.2) is 0 Å². The second-order valence-electron chi connectivity index (χ2n) is 10.6. The summed E-state index contributed by atoms with van der Waals surface area (Å²) in [5.41, 5.74) is 1.25. The maximum atomic E-state index is 13.1. The Bertz CT molecular complexity index is 1240. The lowest BCUT2D eigenvalue weighted by atomic mass is 9.82. The molecule has 9 nitrogen and oxygen atoms in total. The molecule has 214 valence electrons. The Morgan fingerprint density at radius 1 is 0.950 bits per heavy atom. The van der Waals surface area contributed by atoms with Gasteiger partial charge in [-0.2, -0.15) is 0 Å². The van der Waals surface area contributed by atoms with Crippen LogP contribution in [-0.2, 0) is 20.7 Å². The highest BCUT2D eigenvalue weighted by molar-refractivity contribution is 6.38. The van der Waals surface area contributed by atoms with Crippen LogP contribution in [0.4, 0.5) is 4.79 Å². The van der Waals surface area contributed by atoms with Gasteiger partial charge in [0.1, 0.15) is 12.1 Å². The van der Waals surface area contributed by atoms with Gasteiger partial charge in [0, 0.05) is 11.0 Å². The molecule has 0 unspecified atom stereocenters. The standard InChI is InChI=1S/C31H40N4O5/c1-6-8-19-24(27(36)28(37)32-21(3)22-15-11-9-12-16-22)33-30(38)39-25(31(4,5)7-2)20-26-34-35-29(40-26)23-17-13-10-14-18-23/h9-18,21,24-25H,6-8,19-20H2,1-5H3,(H,32,37)(H,33,38)/t21-,24+,25+/m1/s1. The number of benzene rings is 2. The van der Waals surface area contributed by atoms with Crippen molar-refractivity contribution in [3.8, 4) is 11.5 Å². The number of hydrogen-bond acceptors (Lipinski definition) is 7. The molecule has 0 spiro atoms. The normalized spacial score (nSPS) is 13.6. The molecule has 40 heavy (non-hydrogen) atoms. The van der Waals surface area contributed by atoms with Gasteiger partial charge < -0.3 is 19.8 Å². The van der Waals surface area contributed by atoms with Crippen LogP contribution in [0.1, 0.15) is 77.8 Å². The maximum absolute atomic E-state index is 13.1. The predicted molar refractivity (Wildman–Crippen MR) is 152 cm³/mol. The number of amides is 2. The van der Waals surface area contributed by atoms with Crippen molar-refractivity contribution in [1.29, 1.82) is 0 Å². The van der Waals surface area contributed by atoms with Gasteiger partial charge in [-0.1, -0.05) is 89.1 Å². The van der Waals surface area contributed by atoms with E-state index in [-0.39, 0.29) is 12.5 Å². The third-order valence-electron chi connectivity index (χ3n) is 7.21. The van der Waals surface area contributed by atoms with Gasteiger partial charge in [0.25, 0.3) is 5.91 Å². The lowest BCUT2D eigenvalue weighted by Gasteiger charge is -2.32. The summed E-state index contributed by atoms with van der Waals surface area (Å²) in [7, 11) is 0. The van der Waals surface area contributed by atoms with Gasteiger partial charge in [0.2, 0.25) is 17.6 Å². The summed E-state index contributed by atoms with van der Waals surface area (Å²) in [6, 6.07) is 17.4. The van der Waals surface area contributed by atoms with E-state index in [2.05, 4.69) is 20.8 Å². The van der Waals surface area contributed by atoms with Crippen LogP contribution in [-0.4, -0.2) is 40.1 Å². The summed E-state index contributed by atoms with van der Waals surface area (Å²) in [6.45, 7) is 9.76. The molecule has 1 heterocycles. The minimum absolute atomic E-state index is 0.205.